The summed E-state index contributed by atoms with van der Waals surface area (Å²) >= 11 is 0. The zero-order valence-electron chi connectivity index (χ0n) is 15.6. The molecule has 1 aromatic carbocycles. The highest BCUT2D eigenvalue weighted by Crippen LogP contribution is 2.60. The molecule has 0 spiro atoms. The number of hydrogen-bond acceptors (Lipinski definition) is 2. The van der Waals surface area contributed by atoms with Crippen LogP contribution in [0.1, 0.15) is 57.6 Å². The van der Waals surface area contributed by atoms with E-state index in [1.165, 1.54) is 37.7 Å². The molecule has 3 heteroatoms. The Morgan fingerprint density at radius 2 is 1.52 bits per heavy atom. The predicted octanol–water partition coefficient (Wildman–Crippen LogP) is 4.43. The van der Waals surface area contributed by atoms with Crippen molar-refractivity contribution >= 4 is 5.91 Å². The van der Waals surface area contributed by atoms with Gasteiger partial charge in [-0.05, 0) is 87.3 Å². The van der Waals surface area contributed by atoms with E-state index in [0.29, 0.717) is 11.9 Å². The van der Waals surface area contributed by atoms with E-state index in [1.807, 2.05) is 12.1 Å². The number of carbonyl (C=O) groups excluding carboxylic acids is 1. The van der Waals surface area contributed by atoms with E-state index in [1.54, 1.807) is 7.11 Å². The normalized spacial score (nSPS) is 40.9. The molecule has 4 saturated carbocycles. The van der Waals surface area contributed by atoms with Crippen LogP contribution in [0.4, 0.5) is 0 Å². The van der Waals surface area contributed by atoms with Gasteiger partial charge in [0, 0.05) is 6.04 Å². The lowest BCUT2D eigenvalue weighted by Crippen LogP contribution is -2.69. The number of amides is 1. The number of likely N-dealkylation sites (tertiary alicyclic amines) is 1. The van der Waals surface area contributed by atoms with Gasteiger partial charge in [-0.25, -0.2) is 0 Å². The summed E-state index contributed by atoms with van der Waals surface area (Å²) in [4.78, 5) is 15.4. The van der Waals surface area contributed by atoms with Crippen molar-refractivity contribution in [1.82, 2.24) is 4.90 Å². The highest BCUT2D eigenvalue weighted by atomic mass is 16.5. The molecule has 0 N–H and O–H groups in total. The van der Waals surface area contributed by atoms with Crippen molar-refractivity contribution in [2.45, 2.75) is 58.0 Å². The molecule has 3 nitrogen and oxygen atoms in total. The standard InChI is InChI=1S/C22H29NO2/c1-22(2)20(15-4-6-18(25-3)7-5-15)23(21(22)24)19-16-9-13-8-14(11-16)12-17(19)10-13/h4-7,13-14,16-17,19-20H,8-12H2,1-3H3. The van der Waals surface area contributed by atoms with Crippen molar-refractivity contribution in [3.8, 4) is 5.75 Å². The molecule has 0 radical (unpaired) electrons. The molecule has 1 aromatic rings. The third-order valence-corrected chi connectivity index (χ3v) is 7.68. The number of β-lactam (4-membered cyclic amide) rings is 1. The van der Waals surface area contributed by atoms with Crippen LogP contribution in [-0.4, -0.2) is 24.0 Å². The van der Waals surface area contributed by atoms with E-state index in [9.17, 15) is 4.79 Å². The van der Waals surface area contributed by atoms with Crippen LogP contribution in [0.2, 0.25) is 0 Å². The number of rotatable bonds is 3. The first-order valence-electron chi connectivity index (χ1n) is 9.95. The summed E-state index contributed by atoms with van der Waals surface area (Å²) in [5, 5.41) is 0. The highest BCUT2D eigenvalue weighted by molar-refractivity contribution is 5.90. The first kappa shape index (κ1) is 15.7. The van der Waals surface area contributed by atoms with Gasteiger partial charge < -0.3 is 9.64 Å². The smallest absolute Gasteiger partial charge is 0.231 e. The topological polar surface area (TPSA) is 29.5 Å². The van der Waals surface area contributed by atoms with Crippen LogP contribution in [0.25, 0.3) is 0 Å². The molecule has 25 heavy (non-hydrogen) atoms. The van der Waals surface area contributed by atoms with Crippen LogP contribution in [0, 0.1) is 29.1 Å². The Morgan fingerprint density at radius 3 is 2.04 bits per heavy atom. The second-order valence-electron chi connectivity index (χ2n) is 9.53. The lowest BCUT2D eigenvalue weighted by atomic mass is 9.52. The molecule has 1 atom stereocenters. The van der Waals surface area contributed by atoms with Crippen molar-refractivity contribution in [3.05, 3.63) is 29.8 Å². The van der Waals surface area contributed by atoms with Crippen LogP contribution in [-0.2, 0) is 4.79 Å². The van der Waals surface area contributed by atoms with Crippen molar-refractivity contribution in [2.24, 2.45) is 29.1 Å². The van der Waals surface area contributed by atoms with Gasteiger partial charge in [0.15, 0.2) is 0 Å². The molecule has 0 aromatic heterocycles. The molecule has 1 saturated heterocycles. The van der Waals surface area contributed by atoms with Crippen LogP contribution < -0.4 is 4.74 Å². The van der Waals surface area contributed by atoms with Crippen LogP contribution in [0.3, 0.4) is 0 Å². The minimum Gasteiger partial charge on any atom is -0.497 e. The summed E-state index contributed by atoms with van der Waals surface area (Å²) in [5.41, 5.74) is 0.975. The van der Waals surface area contributed by atoms with Gasteiger partial charge in [0.1, 0.15) is 5.75 Å². The number of carbonyl (C=O) groups is 1. The van der Waals surface area contributed by atoms with E-state index < -0.39 is 0 Å². The molecule has 5 aliphatic rings. The van der Waals surface area contributed by atoms with Crippen molar-refractivity contribution in [1.29, 1.82) is 0 Å². The van der Waals surface area contributed by atoms with Gasteiger partial charge in [0.25, 0.3) is 0 Å². The van der Waals surface area contributed by atoms with E-state index in [4.69, 9.17) is 4.74 Å². The zero-order valence-corrected chi connectivity index (χ0v) is 15.6. The van der Waals surface area contributed by atoms with E-state index in [2.05, 4.69) is 30.9 Å². The Bertz CT molecular complexity index is 664. The summed E-state index contributed by atoms with van der Waals surface area (Å²) < 4.78 is 5.31. The molecule has 4 bridgehead atoms. The quantitative estimate of drug-likeness (QED) is 0.763. The van der Waals surface area contributed by atoms with Crippen molar-refractivity contribution in [2.75, 3.05) is 7.11 Å². The summed E-state index contributed by atoms with van der Waals surface area (Å²) in [7, 11) is 1.70. The second-order valence-corrected chi connectivity index (χ2v) is 9.53. The summed E-state index contributed by atoms with van der Waals surface area (Å²) in [6.07, 6.45) is 6.89. The van der Waals surface area contributed by atoms with Gasteiger partial charge in [0.05, 0.1) is 18.6 Å². The van der Waals surface area contributed by atoms with Gasteiger partial charge in [-0.1, -0.05) is 12.1 Å². The number of methoxy groups -OCH3 is 1. The highest BCUT2D eigenvalue weighted by Gasteiger charge is 2.61. The van der Waals surface area contributed by atoms with Gasteiger partial charge in [-0.15, -0.1) is 0 Å². The molecular weight excluding hydrogens is 310 g/mol. The molecule has 134 valence electrons. The molecule has 1 aliphatic heterocycles. The molecule has 1 unspecified atom stereocenters. The number of nitrogens with zero attached hydrogens (tertiary/aromatic N) is 1. The Morgan fingerprint density at radius 1 is 0.960 bits per heavy atom. The maximum atomic E-state index is 13.1. The molecule has 4 aliphatic carbocycles. The SMILES string of the molecule is COc1ccc(C2N(C3C4CC5CC(C4)CC3C5)C(=O)C2(C)C)cc1. The lowest BCUT2D eigenvalue weighted by molar-refractivity contribution is -0.191. The third-order valence-electron chi connectivity index (χ3n) is 7.68. The minimum atomic E-state index is -0.288. The Kier molecular flexibility index (Phi) is 3.30. The van der Waals surface area contributed by atoms with E-state index in [0.717, 1.165) is 29.4 Å². The minimum absolute atomic E-state index is 0.216. The van der Waals surface area contributed by atoms with Crippen LogP contribution in [0.15, 0.2) is 24.3 Å². The van der Waals surface area contributed by atoms with Gasteiger partial charge >= 0.3 is 0 Å². The Labute approximate surface area is 150 Å². The Balaban J connectivity index is 1.48. The first-order valence-corrected chi connectivity index (χ1v) is 9.95. The molecular formula is C22H29NO2. The molecule has 6 rings (SSSR count). The monoisotopic (exact) mass is 339 g/mol. The largest absolute Gasteiger partial charge is 0.497 e. The van der Waals surface area contributed by atoms with Gasteiger partial charge in [-0.2, -0.15) is 0 Å². The predicted molar refractivity (Wildman–Crippen MR) is 97.2 cm³/mol. The van der Waals surface area contributed by atoms with Crippen molar-refractivity contribution in [3.63, 3.8) is 0 Å². The number of hydrogen-bond donors (Lipinski definition) is 0. The van der Waals surface area contributed by atoms with Crippen LogP contribution >= 0.6 is 0 Å². The van der Waals surface area contributed by atoms with Gasteiger partial charge in [-0.3, -0.25) is 4.79 Å². The zero-order chi connectivity index (χ0) is 17.3. The first-order chi connectivity index (χ1) is 12.0. The van der Waals surface area contributed by atoms with Crippen LogP contribution in [0.5, 0.6) is 5.75 Å². The molecule has 1 heterocycles. The number of benzene rings is 1. The second kappa shape index (κ2) is 5.25. The fourth-order valence-electron chi connectivity index (χ4n) is 6.87. The maximum absolute atomic E-state index is 13.1. The van der Waals surface area contributed by atoms with Crippen molar-refractivity contribution < 1.29 is 9.53 Å². The van der Waals surface area contributed by atoms with Gasteiger partial charge in [0.2, 0.25) is 5.91 Å². The fourth-order valence-corrected chi connectivity index (χ4v) is 6.87. The van der Waals surface area contributed by atoms with E-state index in [-0.39, 0.29) is 11.5 Å². The summed E-state index contributed by atoms with van der Waals surface area (Å²) in [6.45, 7) is 4.24. The molecule has 1 amide bonds. The lowest BCUT2D eigenvalue weighted by Gasteiger charge is -2.64. The fraction of sp³-hybridized carbons (Fsp3) is 0.682. The average Bonchev–Trinajstić information content (AvgIpc) is 2.59. The molecule has 5 fully saturated rings. The maximum Gasteiger partial charge on any atom is 0.231 e. The Hall–Kier alpha value is -1.51. The average molecular weight is 339 g/mol. The third kappa shape index (κ3) is 2.14. The summed E-state index contributed by atoms with van der Waals surface area (Å²) in [6, 6.07) is 9.07. The van der Waals surface area contributed by atoms with E-state index >= 15 is 0 Å². The summed E-state index contributed by atoms with van der Waals surface area (Å²) in [5.74, 6) is 4.64. The number of ether oxygens (including phenoxy) is 1.